The van der Waals surface area contributed by atoms with E-state index in [-0.39, 0.29) is 0 Å². The first-order valence-corrected chi connectivity index (χ1v) is 7.47. The molecule has 21 heavy (non-hydrogen) atoms. The van der Waals surface area contributed by atoms with Crippen molar-refractivity contribution in [3.8, 4) is 0 Å². The standard InChI is InChI=1S/C15H17N5S/c1-8-4-5-12(9(2)6-8)17-13-11-7-10(3)21-14(11)19-15(18-13)20-16/h4-7H,16H2,1-3H3,(H2,17,18,19,20). The van der Waals surface area contributed by atoms with Crippen molar-refractivity contribution >= 4 is 39.0 Å². The van der Waals surface area contributed by atoms with E-state index in [2.05, 4.69) is 65.7 Å². The highest BCUT2D eigenvalue weighted by Crippen LogP contribution is 2.32. The smallest absolute Gasteiger partial charge is 0.240 e. The fourth-order valence-corrected chi connectivity index (χ4v) is 3.16. The number of aromatic nitrogens is 2. The van der Waals surface area contributed by atoms with E-state index in [0.29, 0.717) is 5.95 Å². The fraction of sp³-hybridized carbons (Fsp3) is 0.200. The number of nitrogens with zero attached hydrogens (tertiary/aromatic N) is 2. The third kappa shape index (κ3) is 2.68. The van der Waals surface area contributed by atoms with E-state index in [1.54, 1.807) is 11.3 Å². The molecule has 0 unspecified atom stereocenters. The summed E-state index contributed by atoms with van der Waals surface area (Å²) in [6.07, 6.45) is 0. The second-order valence-corrected chi connectivity index (χ2v) is 6.29. The number of anilines is 3. The van der Waals surface area contributed by atoms with Gasteiger partial charge in [0.1, 0.15) is 10.6 Å². The zero-order valence-corrected chi connectivity index (χ0v) is 13.0. The SMILES string of the molecule is Cc1ccc(Nc2nc(NN)nc3sc(C)cc23)c(C)c1. The Morgan fingerprint density at radius 2 is 1.90 bits per heavy atom. The Bertz CT molecular complexity index is 809. The molecule has 0 aliphatic rings. The van der Waals surface area contributed by atoms with Crippen molar-refractivity contribution in [3.63, 3.8) is 0 Å². The van der Waals surface area contributed by atoms with Crippen molar-refractivity contribution in [2.45, 2.75) is 20.8 Å². The number of hydrogen-bond donors (Lipinski definition) is 3. The predicted molar refractivity (Wildman–Crippen MR) is 89.2 cm³/mol. The van der Waals surface area contributed by atoms with Gasteiger partial charge in [-0.1, -0.05) is 17.7 Å². The van der Waals surface area contributed by atoms with Gasteiger partial charge >= 0.3 is 0 Å². The molecule has 108 valence electrons. The summed E-state index contributed by atoms with van der Waals surface area (Å²) < 4.78 is 0. The average molecular weight is 299 g/mol. The lowest BCUT2D eigenvalue weighted by Gasteiger charge is -2.11. The van der Waals surface area contributed by atoms with Gasteiger partial charge in [0.25, 0.3) is 0 Å². The van der Waals surface area contributed by atoms with Gasteiger partial charge in [-0.15, -0.1) is 11.3 Å². The van der Waals surface area contributed by atoms with Crippen LogP contribution in [0.5, 0.6) is 0 Å². The number of hydrazine groups is 1. The first-order valence-electron chi connectivity index (χ1n) is 6.66. The number of nitrogen functional groups attached to an aromatic ring is 1. The zero-order chi connectivity index (χ0) is 15.0. The molecule has 0 amide bonds. The molecular weight excluding hydrogens is 282 g/mol. The van der Waals surface area contributed by atoms with Crippen molar-refractivity contribution in [2.75, 3.05) is 10.7 Å². The Morgan fingerprint density at radius 1 is 1.10 bits per heavy atom. The number of nitrogens with one attached hydrogen (secondary N) is 2. The highest BCUT2D eigenvalue weighted by atomic mass is 32.1. The minimum absolute atomic E-state index is 0.414. The molecule has 2 heterocycles. The molecule has 3 aromatic rings. The lowest BCUT2D eigenvalue weighted by atomic mass is 10.1. The van der Waals surface area contributed by atoms with Crippen LogP contribution in [-0.4, -0.2) is 9.97 Å². The summed E-state index contributed by atoms with van der Waals surface area (Å²) in [5.41, 5.74) is 5.97. The Morgan fingerprint density at radius 3 is 2.62 bits per heavy atom. The molecule has 0 bridgehead atoms. The highest BCUT2D eigenvalue weighted by molar-refractivity contribution is 7.18. The summed E-state index contributed by atoms with van der Waals surface area (Å²) in [6, 6.07) is 8.37. The molecule has 2 aromatic heterocycles. The predicted octanol–water partition coefficient (Wildman–Crippen LogP) is 3.65. The Labute approximate surface area is 127 Å². The largest absolute Gasteiger partial charge is 0.339 e. The third-order valence-electron chi connectivity index (χ3n) is 3.28. The molecule has 0 radical (unpaired) electrons. The molecule has 0 saturated carbocycles. The molecule has 4 N–H and O–H groups in total. The Hall–Kier alpha value is -2.18. The summed E-state index contributed by atoms with van der Waals surface area (Å²) in [6.45, 7) is 6.22. The van der Waals surface area contributed by atoms with Crippen LogP contribution < -0.4 is 16.6 Å². The highest BCUT2D eigenvalue weighted by Gasteiger charge is 2.11. The lowest BCUT2D eigenvalue weighted by molar-refractivity contribution is 1.16. The number of nitrogens with two attached hydrogens (primary N) is 1. The van der Waals surface area contributed by atoms with E-state index >= 15 is 0 Å². The van der Waals surface area contributed by atoms with Crippen molar-refractivity contribution in [1.82, 2.24) is 9.97 Å². The molecule has 0 aliphatic carbocycles. The van der Waals surface area contributed by atoms with Crippen LogP contribution in [0.4, 0.5) is 17.5 Å². The number of hydrogen-bond acceptors (Lipinski definition) is 6. The van der Waals surface area contributed by atoms with E-state index in [0.717, 1.165) is 21.7 Å². The monoisotopic (exact) mass is 299 g/mol. The number of benzene rings is 1. The molecule has 0 aliphatic heterocycles. The van der Waals surface area contributed by atoms with Crippen LogP contribution >= 0.6 is 11.3 Å². The summed E-state index contributed by atoms with van der Waals surface area (Å²) in [5.74, 6) is 6.64. The summed E-state index contributed by atoms with van der Waals surface area (Å²) >= 11 is 1.63. The van der Waals surface area contributed by atoms with E-state index < -0.39 is 0 Å². The molecule has 0 atom stereocenters. The van der Waals surface area contributed by atoms with Gasteiger partial charge in [0.15, 0.2) is 0 Å². The number of aryl methyl sites for hydroxylation is 3. The van der Waals surface area contributed by atoms with Crippen LogP contribution in [0.1, 0.15) is 16.0 Å². The minimum atomic E-state index is 0.414. The van der Waals surface area contributed by atoms with Gasteiger partial charge in [-0.2, -0.15) is 4.98 Å². The van der Waals surface area contributed by atoms with Crippen LogP contribution in [0.2, 0.25) is 0 Å². The van der Waals surface area contributed by atoms with Gasteiger partial charge in [-0.05, 0) is 38.5 Å². The quantitative estimate of drug-likeness (QED) is 0.508. The van der Waals surface area contributed by atoms with E-state index in [1.165, 1.54) is 16.0 Å². The maximum atomic E-state index is 5.46. The van der Waals surface area contributed by atoms with Crippen LogP contribution in [-0.2, 0) is 0 Å². The average Bonchev–Trinajstić information content (AvgIpc) is 2.82. The first-order chi connectivity index (χ1) is 10.1. The zero-order valence-electron chi connectivity index (χ0n) is 12.2. The van der Waals surface area contributed by atoms with Gasteiger partial charge in [0, 0.05) is 10.6 Å². The molecule has 0 fully saturated rings. The van der Waals surface area contributed by atoms with Gasteiger partial charge < -0.3 is 5.32 Å². The molecule has 1 aromatic carbocycles. The second kappa shape index (κ2) is 5.31. The van der Waals surface area contributed by atoms with Gasteiger partial charge in [0.05, 0.1) is 5.39 Å². The molecule has 0 spiro atoms. The number of fused-ring (bicyclic) bond motifs is 1. The Kier molecular flexibility index (Phi) is 3.48. The number of rotatable bonds is 3. The summed E-state index contributed by atoms with van der Waals surface area (Å²) in [5, 5.41) is 4.40. The van der Waals surface area contributed by atoms with E-state index in [9.17, 15) is 0 Å². The van der Waals surface area contributed by atoms with E-state index in [1.807, 2.05) is 0 Å². The fourth-order valence-electron chi connectivity index (χ4n) is 2.28. The molecule has 6 heteroatoms. The third-order valence-corrected chi connectivity index (χ3v) is 4.22. The molecule has 0 saturated heterocycles. The molecule has 5 nitrogen and oxygen atoms in total. The normalized spacial score (nSPS) is 10.9. The van der Waals surface area contributed by atoms with Crippen LogP contribution in [0, 0.1) is 20.8 Å². The second-order valence-electron chi connectivity index (χ2n) is 5.06. The topological polar surface area (TPSA) is 75.9 Å². The van der Waals surface area contributed by atoms with Crippen molar-refractivity contribution < 1.29 is 0 Å². The van der Waals surface area contributed by atoms with Crippen LogP contribution in [0.25, 0.3) is 10.2 Å². The maximum absolute atomic E-state index is 5.46. The minimum Gasteiger partial charge on any atom is -0.339 e. The lowest BCUT2D eigenvalue weighted by Crippen LogP contribution is -2.11. The summed E-state index contributed by atoms with van der Waals surface area (Å²) in [4.78, 5) is 10.9. The van der Waals surface area contributed by atoms with Crippen molar-refractivity contribution in [1.29, 1.82) is 0 Å². The van der Waals surface area contributed by atoms with E-state index in [4.69, 9.17) is 5.84 Å². The van der Waals surface area contributed by atoms with Crippen molar-refractivity contribution in [3.05, 3.63) is 40.3 Å². The summed E-state index contributed by atoms with van der Waals surface area (Å²) in [7, 11) is 0. The van der Waals surface area contributed by atoms with Gasteiger partial charge in [-0.25, -0.2) is 10.8 Å². The van der Waals surface area contributed by atoms with Crippen molar-refractivity contribution in [2.24, 2.45) is 5.84 Å². The van der Waals surface area contributed by atoms with Crippen LogP contribution in [0.3, 0.4) is 0 Å². The van der Waals surface area contributed by atoms with Gasteiger partial charge in [-0.3, -0.25) is 5.43 Å². The maximum Gasteiger partial charge on any atom is 0.240 e. The molecule has 3 rings (SSSR count). The van der Waals surface area contributed by atoms with Gasteiger partial charge in [0.2, 0.25) is 5.95 Å². The van der Waals surface area contributed by atoms with Crippen LogP contribution in [0.15, 0.2) is 24.3 Å². The Balaban J connectivity index is 2.10. The molecular formula is C15H17N5S. The number of thiophene rings is 1. The first kappa shape index (κ1) is 13.8.